The number of thiazole rings is 2. The zero-order chi connectivity index (χ0) is 15.6. The fourth-order valence-electron chi connectivity index (χ4n) is 1.67. The highest BCUT2D eigenvalue weighted by Crippen LogP contribution is 2.28. The van der Waals surface area contributed by atoms with Crippen LogP contribution in [0.15, 0.2) is 5.38 Å². The fourth-order valence-corrected chi connectivity index (χ4v) is 3.41. The summed E-state index contributed by atoms with van der Waals surface area (Å²) in [6, 6.07) is -0.0554. The minimum atomic E-state index is -0.609. The molecule has 1 unspecified atom stereocenters. The molecule has 0 saturated carbocycles. The molecule has 2 aromatic rings. The van der Waals surface area contributed by atoms with Crippen molar-refractivity contribution in [1.29, 1.82) is 0 Å². The Morgan fingerprint density at radius 3 is 2.62 bits per heavy atom. The van der Waals surface area contributed by atoms with Crippen LogP contribution in [0, 0.1) is 6.92 Å². The number of carbonyl (C=O) groups is 2. The lowest BCUT2D eigenvalue weighted by Gasteiger charge is -2.08. The van der Waals surface area contributed by atoms with E-state index in [0.717, 1.165) is 22.0 Å². The summed E-state index contributed by atoms with van der Waals surface area (Å²) in [5, 5.41) is 6.55. The number of hydrogen-bond acceptors (Lipinski definition) is 8. The van der Waals surface area contributed by atoms with Crippen LogP contribution in [0.2, 0.25) is 0 Å². The number of hydrogen-bond donors (Lipinski definition) is 1. The van der Waals surface area contributed by atoms with Crippen LogP contribution >= 0.6 is 22.7 Å². The van der Waals surface area contributed by atoms with Crippen LogP contribution in [0.4, 0.5) is 5.13 Å². The van der Waals surface area contributed by atoms with Crippen molar-refractivity contribution in [1.82, 2.24) is 9.97 Å². The second-order valence-electron chi connectivity index (χ2n) is 4.44. The number of nitrogens with zero attached hydrogens (tertiary/aromatic N) is 2. The van der Waals surface area contributed by atoms with Gasteiger partial charge >= 0.3 is 5.97 Å². The van der Waals surface area contributed by atoms with E-state index in [1.807, 2.05) is 19.2 Å². The van der Waals surface area contributed by atoms with Gasteiger partial charge in [0.15, 0.2) is 16.6 Å². The molecule has 0 aliphatic carbocycles. The van der Waals surface area contributed by atoms with E-state index in [1.54, 1.807) is 11.3 Å². The van der Waals surface area contributed by atoms with Crippen LogP contribution in [-0.4, -0.2) is 28.8 Å². The van der Waals surface area contributed by atoms with Gasteiger partial charge in [-0.25, -0.2) is 14.8 Å². The van der Waals surface area contributed by atoms with Gasteiger partial charge in [-0.05, 0) is 13.8 Å². The van der Waals surface area contributed by atoms with Crippen LogP contribution in [-0.2, 0) is 4.74 Å². The van der Waals surface area contributed by atoms with Gasteiger partial charge < -0.3 is 10.1 Å². The van der Waals surface area contributed by atoms with Crippen molar-refractivity contribution in [2.45, 2.75) is 26.8 Å². The molecule has 0 saturated heterocycles. The van der Waals surface area contributed by atoms with Gasteiger partial charge in [0.05, 0.1) is 13.2 Å². The fraction of sp³-hybridized carbons (Fsp3) is 0.385. The Kier molecular flexibility index (Phi) is 4.69. The van der Waals surface area contributed by atoms with Gasteiger partial charge in [0, 0.05) is 18.0 Å². The van der Waals surface area contributed by atoms with Crippen molar-refractivity contribution in [2.75, 3.05) is 12.4 Å². The Hall–Kier alpha value is -1.80. The summed E-state index contributed by atoms with van der Waals surface area (Å²) >= 11 is 2.70. The van der Waals surface area contributed by atoms with E-state index >= 15 is 0 Å². The lowest BCUT2D eigenvalue weighted by molar-refractivity contribution is 0.0591. The van der Waals surface area contributed by atoms with Crippen LogP contribution < -0.4 is 5.32 Å². The Morgan fingerprint density at radius 1 is 1.38 bits per heavy atom. The van der Waals surface area contributed by atoms with Crippen LogP contribution in [0.3, 0.4) is 0 Å². The largest absolute Gasteiger partial charge is 0.464 e. The number of ketones is 1. The molecule has 8 heteroatoms. The lowest BCUT2D eigenvalue weighted by atomic mass is 10.3. The molecule has 0 spiro atoms. The molecule has 1 N–H and O–H groups in total. The van der Waals surface area contributed by atoms with Crippen molar-refractivity contribution in [3.05, 3.63) is 26.7 Å². The number of rotatable bonds is 5. The second-order valence-corrected chi connectivity index (χ2v) is 6.33. The first-order chi connectivity index (χ1) is 9.92. The summed E-state index contributed by atoms with van der Waals surface area (Å²) in [5.41, 5.74) is 1.02. The van der Waals surface area contributed by atoms with Gasteiger partial charge in [-0.1, -0.05) is 11.3 Å². The van der Waals surface area contributed by atoms with Crippen LogP contribution in [0.1, 0.15) is 50.8 Å². The molecule has 21 heavy (non-hydrogen) atoms. The normalized spacial score (nSPS) is 12.0. The number of esters is 1. The Morgan fingerprint density at radius 2 is 2.10 bits per heavy atom. The Balaban J connectivity index is 2.24. The van der Waals surface area contributed by atoms with Gasteiger partial charge in [0.1, 0.15) is 9.88 Å². The summed E-state index contributed by atoms with van der Waals surface area (Å²) in [7, 11) is 1.26. The third-order valence-corrected chi connectivity index (χ3v) is 4.91. The average molecular weight is 325 g/mol. The van der Waals surface area contributed by atoms with E-state index in [0.29, 0.717) is 10.0 Å². The molecule has 0 fully saturated rings. The molecular formula is C13H15N3O3S2. The Bertz CT molecular complexity index is 678. The van der Waals surface area contributed by atoms with Crippen LogP contribution in [0.5, 0.6) is 0 Å². The van der Waals surface area contributed by atoms with Crippen molar-refractivity contribution in [3.63, 3.8) is 0 Å². The molecule has 0 aliphatic rings. The van der Waals surface area contributed by atoms with Gasteiger partial charge in [0.25, 0.3) is 0 Å². The van der Waals surface area contributed by atoms with Gasteiger partial charge in [-0.2, -0.15) is 0 Å². The number of aryl methyl sites for hydroxylation is 1. The average Bonchev–Trinajstić information content (AvgIpc) is 3.04. The molecule has 1 atom stereocenters. The highest BCUT2D eigenvalue weighted by atomic mass is 32.1. The molecule has 0 bridgehead atoms. The minimum Gasteiger partial charge on any atom is -0.464 e. The monoisotopic (exact) mass is 325 g/mol. The lowest BCUT2D eigenvalue weighted by Crippen LogP contribution is -2.08. The van der Waals surface area contributed by atoms with Gasteiger partial charge in [-0.3, -0.25) is 4.79 Å². The minimum absolute atomic E-state index is 0.0554. The molecule has 0 radical (unpaired) electrons. The first-order valence-electron chi connectivity index (χ1n) is 6.21. The molecule has 2 aromatic heterocycles. The standard InChI is InChI=1S/C13H15N3O3S2/c1-6-5-20-11(14-6)7(2)15-13-16-9(12(18)19-4)10(21-13)8(3)17/h5,7H,1-4H3,(H,15,16). The van der Waals surface area contributed by atoms with E-state index in [-0.39, 0.29) is 17.5 Å². The van der Waals surface area contributed by atoms with E-state index in [1.165, 1.54) is 14.0 Å². The number of Topliss-reactive ketones (excluding diaryl/α,β-unsaturated/α-hetero) is 1. The zero-order valence-corrected chi connectivity index (χ0v) is 13.7. The number of anilines is 1. The number of nitrogens with one attached hydrogen (secondary N) is 1. The van der Waals surface area contributed by atoms with Crippen molar-refractivity contribution < 1.29 is 14.3 Å². The maximum atomic E-state index is 11.6. The summed E-state index contributed by atoms with van der Waals surface area (Å²) in [6.07, 6.45) is 0. The molecule has 6 nitrogen and oxygen atoms in total. The number of aromatic nitrogens is 2. The topological polar surface area (TPSA) is 81.2 Å². The molecule has 0 aliphatic heterocycles. The summed E-state index contributed by atoms with van der Waals surface area (Å²) in [6.45, 7) is 5.28. The smallest absolute Gasteiger partial charge is 0.358 e. The summed E-state index contributed by atoms with van der Waals surface area (Å²) in [5.74, 6) is -0.819. The highest BCUT2D eigenvalue weighted by molar-refractivity contribution is 7.17. The van der Waals surface area contributed by atoms with E-state index in [2.05, 4.69) is 20.0 Å². The van der Waals surface area contributed by atoms with Crippen molar-refractivity contribution in [3.8, 4) is 0 Å². The summed E-state index contributed by atoms with van der Waals surface area (Å²) < 4.78 is 4.65. The molecular weight excluding hydrogens is 310 g/mol. The number of carbonyl (C=O) groups excluding carboxylic acids is 2. The van der Waals surface area contributed by atoms with E-state index < -0.39 is 5.97 Å². The van der Waals surface area contributed by atoms with E-state index in [4.69, 9.17) is 0 Å². The maximum absolute atomic E-state index is 11.6. The zero-order valence-electron chi connectivity index (χ0n) is 12.1. The SMILES string of the molecule is COC(=O)c1nc(NC(C)c2nc(C)cs2)sc1C(C)=O. The van der Waals surface area contributed by atoms with Crippen LogP contribution in [0.25, 0.3) is 0 Å². The highest BCUT2D eigenvalue weighted by Gasteiger charge is 2.23. The molecule has 2 rings (SSSR count). The number of methoxy groups -OCH3 is 1. The number of ether oxygens (including phenoxy) is 1. The first kappa shape index (κ1) is 15.6. The predicted molar refractivity (Wildman–Crippen MR) is 82.3 cm³/mol. The Labute approximate surface area is 130 Å². The second kappa shape index (κ2) is 6.31. The van der Waals surface area contributed by atoms with Gasteiger partial charge in [0.2, 0.25) is 0 Å². The van der Waals surface area contributed by atoms with Gasteiger partial charge in [-0.15, -0.1) is 11.3 Å². The van der Waals surface area contributed by atoms with E-state index in [9.17, 15) is 9.59 Å². The predicted octanol–water partition coefficient (Wildman–Crippen LogP) is 3.07. The molecule has 2 heterocycles. The molecule has 112 valence electrons. The third-order valence-electron chi connectivity index (χ3n) is 2.67. The van der Waals surface area contributed by atoms with Crippen molar-refractivity contribution >= 4 is 39.6 Å². The first-order valence-corrected chi connectivity index (χ1v) is 7.90. The third kappa shape index (κ3) is 3.45. The maximum Gasteiger partial charge on any atom is 0.358 e. The quantitative estimate of drug-likeness (QED) is 0.672. The van der Waals surface area contributed by atoms with Crippen molar-refractivity contribution in [2.24, 2.45) is 0 Å². The summed E-state index contributed by atoms with van der Waals surface area (Å²) in [4.78, 5) is 32.1. The molecule has 0 aromatic carbocycles. The molecule has 0 amide bonds.